The fraction of sp³-hybridized carbons (Fsp3) is 0.522. The molecule has 1 N–H and O–H groups in total. The van der Waals surface area contributed by atoms with Gasteiger partial charge < -0.3 is 14.6 Å². The molecule has 2 fully saturated rings. The molecule has 0 unspecified atom stereocenters. The lowest BCUT2D eigenvalue weighted by molar-refractivity contribution is -0.133. The Bertz CT molecular complexity index is 974. The molecule has 1 saturated heterocycles. The standard InChI is InChI=1S/C23H29N3O4/c1-3-18-17(16-9-4-5-10-19(16)30-18)15-25(2)20(27)11-8-14-26-21(28)23(24-22(26)29)12-6-7-13-23/h4-5,9-10H,3,6-8,11-15H2,1-2H3,(H,24,29). The van der Waals surface area contributed by atoms with E-state index in [1.807, 2.05) is 31.2 Å². The SMILES string of the molecule is CCc1oc2ccccc2c1CN(C)C(=O)CCCN1C(=O)NC2(CCCC2)C1=O. The molecule has 2 heterocycles. The molecule has 1 aromatic carbocycles. The minimum absolute atomic E-state index is 0.00929. The first-order valence-corrected chi connectivity index (χ1v) is 10.8. The van der Waals surface area contributed by atoms with Gasteiger partial charge in [0, 0.05) is 43.9 Å². The van der Waals surface area contributed by atoms with E-state index in [9.17, 15) is 14.4 Å². The first-order chi connectivity index (χ1) is 14.4. The van der Waals surface area contributed by atoms with Crippen LogP contribution < -0.4 is 5.32 Å². The van der Waals surface area contributed by atoms with Gasteiger partial charge in [-0.15, -0.1) is 0 Å². The number of imide groups is 1. The second-order valence-corrected chi connectivity index (χ2v) is 8.38. The zero-order valence-electron chi connectivity index (χ0n) is 17.7. The number of nitrogens with zero attached hydrogens (tertiary/aromatic N) is 2. The van der Waals surface area contributed by atoms with Gasteiger partial charge in [0.15, 0.2) is 0 Å². The van der Waals surface area contributed by atoms with Gasteiger partial charge in [-0.25, -0.2) is 4.79 Å². The van der Waals surface area contributed by atoms with Gasteiger partial charge in [0.05, 0.1) is 0 Å². The maximum atomic E-state index is 12.7. The fourth-order valence-corrected chi connectivity index (χ4v) is 4.71. The number of urea groups is 1. The number of para-hydroxylation sites is 1. The average Bonchev–Trinajstić information content (AvgIpc) is 3.41. The van der Waals surface area contributed by atoms with Crippen molar-refractivity contribution in [3.05, 3.63) is 35.6 Å². The van der Waals surface area contributed by atoms with Gasteiger partial charge in [-0.1, -0.05) is 38.0 Å². The molecule has 2 aliphatic rings. The monoisotopic (exact) mass is 411 g/mol. The van der Waals surface area contributed by atoms with E-state index in [2.05, 4.69) is 5.32 Å². The Hall–Kier alpha value is -2.83. The Morgan fingerprint density at radius 1 is 1.23 bits per heavy atom. The van der Waals surface area contributed by atoms with E-state index in [1.165, 1.54) is 4.90 Å². The van der Waals surface area contributed by atoms with Gasteiger partial charge in [-0.2, -0.15) is 0 Å². The lowest BCUT2D eigenvalue weighted by atomic mass is 9.98. The van der Waals surface area contributed by atoms with Crippen molar-refractivity contribution in [1.29, 1.82) is 0 Å². The van der Waals surface area contributed by atoms with E-state index < -0.39 is 5.54 Å². The number of hydrogen-bond donors (Lipinski definition) is 1. The molecule has 160 valence electrons. The summed E-state index contributed by atoms with van der Waals surface area (Å²) in [6.07, 6.45) is 4.88. The number of hydrogen-bond acceptors (Lipinski definition) is 4. The van der Waals surface area contributed by atoms with E-state index in [0.29, 0.717) is 25.8 Å². The van der Waals surface area contributed by atoms with Gasteiger partial charge in [0.25, 0.3) is 5.91 Å². The molecule has 7 heteroatoms. The van der Waals surface area contributed by atoms with Crippen LogP contribution in [0.2, 0.25) is 0 Å². The van der Waals surface area contributed by atoms with Crippen LogP contribution in [0.15, 0.2) is 28.7 Å². The molecule has 4 rings (SSSR count). The Kier molecular flexibility index (Phi) is 5.54. The molecule has 1 spiro atoms. The zero-order valence-corrected chi connectivity index (χ0v) is 17.7. The number of amides is 4. The smallest absolute Gasteiger partial charge is 0.325 e. The third kappa shape index (κ3) is 3.57. The molecular weight excluding hydrogens is 382 g/mol. The van der Waals surface area contributed by atoms with Crippen molar-refractivity contribution >= 4 is 28.8 Å². The highest BCUT2D eigenvalue weighted by Gasteiger charge is 2.52. The molecule has 1 saturated carbocycles. The van der Waals surface area contributed by atoms with Crippen LogP contribution >= 0.6 is 0 Å². The summed E-state index contributed by atoms with van der Waals surface area (Å²) in [5.74, 6) is 0.769. The molecule has 7 nitrogen and oxygen atoms in total. The number of rotatable bonds is 7. The predicted octanol–water partition coefficient (Wildman–Crippen LogP) is 3.60. The summed E-state index contributed by atoms with van der Waals surface area (Å²) in [6.45, 7) is 2.80. The molecule has 0 radical (unpaired) electrons. The van der Waals surface area contributed by atoms with Gasteiger partial charge in [-0.05, 0) is 25.3 Å². The van der Waals surface area contributed by atoms with Crippen LogP contribution in [0.25, 0.3) is 11.0 Å². The number of nitrogens with one attached hydrogen (secondary N) is 1. The number of carbonyl (C=O) groups excluding carboxylic acids is 3. The Balaban J connectivity index is 1.34. The van der Waals surface area contributed by atoms with E-state index in [0.717, 1.165) is 41.6 Å². The number of furan rings is 1. The van der Waals surface area contributed by atoms with Crippen molar-refractivity contribution in [2.75, 3.05) is 13.6 Å². The van der Waals surface area contributed by atoms with Crippen molar-refractivity contribution in [3.8, 4) is 0 Å². The minimum Gasteiger partial charge on any atom is -0.461 e. The molecule has 0 bridgehead atoms. The third-order valence-electron chi connectivity index (χ3n) is 6.40. The van der Waals surface area contributed by atoms with E-state index in [4.69, 9.17) is 4.42 Å². The summed E-state index contributed by atoms with van der Waals surface area (Å²) < 4.78 is 5.92. The molecule has 1 aliphatic heterocycles. The Morgan fingerprint density at radius 2 is 1.97 bits per heavy atom. The van der Waals surface area contributed by atoms with Crippen molar-refractivity contribution in [3.63, 3.8) is 0 Å². The summed E-state index contributed by atoms with van der Waals surface area (Å²) in [5, 5.41) is 3.92. The van der Waals surface area contributed by atoms with Gasteiger partial charge in [0.1, 0.15) is 16.9 Å². The molecule has 2 aromatic rings. The van der Waals surface area contributed by atoms with Crippen LogP contribution in [-0.2, 0) is 22.6 Å². The molecule has 0 atom stereocenters. The lowest BCUT2D eigenvalue weighted by Gasteiger charge is -2.20. The summed E-state index contributed by atoms with van der Waals surface area (Å²) in [4.78, 5) is 40.6. The van der Waals surface area contributed by atoms with Crippen LogP contribution in [-0.4, -0.2) is 46.8 Å². The van der Waals surface area contributed by atoms with E-state index in [-0.39, 0.29) is 30.8 Å². The van der Waals surface area contributed by atoms with Crippen molar-refractivity contribution in [2.24, 2.45) is 0 Å². The maximum absolute atomic E-state index is 12.7. The molecular formula is C23H29N3O4. The van der Waals surface area contributed by atoms with Crippen LogP contribution in [0.4, 0.5) is 4.79 Å². The normalized spacial score (nSPS) is 17.9. The second-order valence-electron chi connectivity index (χ2n) is 8.38. The second kappa shape index (κ2) is 8.13. The molecule has 30 heavy (non-hydrogen) atoms. The number of aryl methyl sites for hydroxylation is 1. The summed E-state index contributed by atoms with van der Waals surface area (Å²) in [7, 11) is 1.78. The topological polar surface area (TPSA) is 82.9 Å². The van der Waals surface area contributed by atoms with Crippen LogP contribution in [0.3, 0.4) is 0 Å². The zero-order chi connectivity index (χ0) is 21.3. The van der Waals surface area contributed by atoms with E-state index in [1.54, 1.807) is 11.9 Å². The van der Waals surface area contributed by atoms with Crippen LogP contribution in [0.5, 0.6) is 0 Å². The van der Waals surface area contributed by atoms with Crippen LogP contribution in [0.1, 0.15) is 56.8 Å². The Morgan fingerprint density at radius 3 is 2.70 bits per heavy atom. The largest absolute Gasteiger partial charge is 0.461 e. The fourth-order valence-electron chi connectivity index (χ4n) is 4.71. The number of fused-ring (bicyclic) bond motifs is 1. The predicted molar refractivity (Wildman–Crippen MR) is 113 cm³/mol. The molecule has 1 aliphatic carbocycles. The van der Waals surface area contributed by atoms with E-state index >= 15 is 0 Å². The average molecular weight is 412 g/mol. The van der Waals surface area contributed by atoms with Gasteiger partial charge in [0.2, 0.25) is 5.91 Å². The first kappa shape index (κ1) is 20.4. The minimum atomic E-state index is -0.684. The van der Waals surface area contributed by atoms with Crippen molar-refractivity contribution in [2.45, 2.75) is 64.0 Å². The summed E-state index contributed by atoms with van der Waals surface area (Å²) in [5.41, 5.74) is 1.20. The number of carbonyl (C=O) groups is 3. The summed E-state index contributed by atoms with van der Waals surface area (Å²) in [6, 6.07) is 7.55. The molecule has 1 aromatic heterocycles. The van der Waals surface area contributed by atoms with Crippen molar-refractivity contribution < 1.29 is 18.8 Å². The molecule has 4 amide bonds. The maximum Gasteiger partial charge on any atom is 0.325 e. The quantitative estimate of drug-likeness (QED) is 0.706. The highest BCUT2D eigenvalue weighted by atomic mass is 16.3. The lowest BCUT2D eigenvalue weighted by Crippen LogP contribution is -2.44. The highest BCUT2D eigenvalue weighted by molar-refractivity contribution is 6.07. The third-order valence-corrected chi connectivity index (χ3v) is 6.40. The highest BCUT2D eigenvalue weighted by Crippen LogP contribution is 2.35. The van der Waals surface area contributed by atoms with Gasteiger partial charge >= 0.3 is 6.03 Å². The summed E-state index contributed by atoms with van der Waals surface area (Å²) >= 11 is 0. The Labute approximate surface area is 176 Å². The van der Waals surface area contributed by atoms with Crippen molar-refractivity contribution in [1.82, 2.24) is 15.1 Å². The number of benzene rings is 1. The first-order valence-electron chi connectivity index (χ1n) is 10.8. The van der Waals surface area contributed by atoms with Crippen LogP contribution in [0, 0.1) is 0 Å². The van der Waals surface area contributed by atoms with Gasteiger partial charge in [-0.3, -0.25) is 14.5 Å².